The number of rotatable bonds is 3. The highest BCUT2D eigenvalue weighted by Crippen LogP contribution is 2.30. The van der Waals surface area contributed by atoms with Crippen LogP contribution >= 0.6 is 0 Å². The number of phenols is 1. The van der Waals surface area contributed by atoms with E-state index in [0.29, 0.717) is 0 Å². The average molecular weight is 235 g/mol. The summed E-state index contributed by atoms with van der Waals surface area (Å²) in [5.74, 6) is -0.352. The van der Waals surface area contributed by atoms with Crippen molar-refractivity contribution < 1.29 is 15.0 Å². The molecule has 2 rings (SSSR count). The van der Waals surface area contributed by atoms with Gasteiger partial charge in [-0.05, 0) is 25.0 Å². The quantitative estimate of drug-likeness (QED) is 0.742. The van der Waals surface area contributed by atoms with E-state index in [9.17, 15) is 15.0 Å². The first-order valence-electron chi connectivity index (χ1n) is 5.88. The summed E-state index contributed by atoms with van der Waals surface area (Å²) in [5, 5.41) is 21.8. The summed E-state index contributed by atoms with van der Waals surface area (Å²) in [5.41, 5.74) is -0.244. The van der Waals surface area contributed by atoms with Crippen LogP contribution in [0.25, 0.3) is 0 Å². The lowest BCUT2D eigenvalue weighted by Crippen LogP contribution is -2.49. The molecule has 0 bridgehead atoms. The summed E-state index contributed by atoms with van der Waals surface area (Å²) < 4.78 is 0. The molecule has 0 unspecified atom stereocenters. The predicted octanol–water partition coefficient (Wildman–Crippen LogP) is 1.43. The van der Waals surface area contributed by atoms with Gasteiger partial charge in [0.05, 0.1) is 17.7 Å². The van der Waals surface area contributed by atoms with E-state index in [1.54, 1.807) is 18.2 Å². The van der Waals surface area contributed by atoms with Crippen LogP contribution in [-0.4, -0.2) is 28.3 Å². The fourth-order valence-corrected chi connectivity index (χ4v) is 2.35. The number of carbonyl (C=O) groups is 1. The Balaban J connectivity index is 2.14. The van der Waals surface area contributed by atoms with Crippen molar-refractivity contribution in [2.24, 2.45) is 0 Å². The van der Waals surface area contributed by atoms with Gasteiger partial charge in [-0.2, -0.15) is 0 Å². The monoisotopic (exact) mass is 235 g/mol. The molecule has 0 heterocycles. The van der Waals surface area contributed by atoms with E-state index in [-0.39, 0.29) is 23.8 Å². The number of nitrogens with one attached hydrogen (secondary N) is 1. The number of benzene rings is 1. The van der Waals surface area contributed by atoms with E-state index >= 15 is 0 Å². The van der Waals surface area contributed by atoms with Crippen molar-refractivity contribution in [3.05, 3.63) is 29.8 Å². The second kappa shape index (κ2) is 4.75. The lowest BCUT2D eigenvalue weighted by atomic mass is 9.98. The van der Waals surface area contributed by atoms with Crippen molar-refractivity contribution in [2.45, 2.75) is 31.2 Å². The van der Waals surface area contributed by atoms with Gasteiger partial charge in [0.2, 0.25) is 0 Å². The standard InChI is InChI=1S/C13H17NO3/c15-9-13(7-3-4-8-13)14-12(17)10-5-1-2-6-11(10)16/h1-2,5-6,15-16H,3-4,7-9H2,(H,14,17). The molecule has 0 atom stereocenters. The highest BCUT2D eigenvalue weighted by molar-refractivity contribution is 5.97. The van der Waals surface area contributed by atoms with Crippen molar-refractivity contribution in [2.75, 3.05) is 6.61 Å². The molecule has 1 aromatic carbocycles. The van der Waals surface area contributed by atoms with Gasteiger partial charge in [0.25, 0.3) is 5.91 Å². The summed E-state index contributed by atoms with van der Waals surface area (Å²) in [4.78, 5) is 12.0. The number of aromatic hydroxyl groups is 1. The number of hydrogen-bond acceptors (Lipinski definition) is 3. The van der Waals surface area contributed by atoms with Gasteiger partial charge >= 0.3 is 0 Å². The average Bonchev–Trinajstić information content (AvgIpc) is 2.79. The lowest BCUT2D eigenvalue weighted by Gasteiger charge is -2.28. The molecule has 1 amide bonds. The maximum atomic E-state index is 12.0. The van der Waals surface area contributed by atoms with Gasteiger partial charge in [-0.1, -0.05) is 25.0 Å². The number of phenolic OH excluding ortho intramolecular Hbond substituents is 1. The molecule has 1 aromatic rings. The van der Waals surface area contributed by atoms with Crippen LogP contribution in [0.1, 0.15) is 36.0 Å². The first kappa shape index (κ1) is 11.9. The molecule has 3 N–H and O–H groups in total. The van der Waals surface area contributed by atoms with E-state index in [4.69, 9.17) is 0 Å². The van der Waals surface area contributed by atoms with Crippen LogP contribution in [0, 0.1) is 0 Å². The molecule has 0 saturated heterocycles. The van der Waals surface area contributed by atoms with Crippen molar-refractivity contribution in [3.63, 3.8) is 0 Å². The van der Waals surface area contributed by atoms with E-state index in [1.165, 1.54) is 6.07 Å². The molecule has 0 radical (unpaired) electrons. The third kappa shape index (κ3) is 2.42. The van der Waals surface area contributed by atoms with Gasteiger partial charge in [0.1, 0.15) is 5.75 Å². The zero-order valence-corrected chi connectivity index (χ0v) is 9.65. The highest BCUT2D eigenvalue weighted by atomic mass is 16.3. The van der Waals surface area contributed by atoms with Crippen LogP contribution in [-0.2, 0) is 0 Å². The molecule has 1 saturated carbocycles. The Hall–Kier alpha value is -1.55. The minimum atomic E-state index is -0.501. The van der Waals surface area contributed by atoms with Gasteiger partial charge in [-0.3, -0.25) is 4.79 Å². The Morgan fingerprint density at radius 2 is 1.94 bits per heavy atom. The predicted molar refractivity (Wildman–Crippen MR) is 63.9 cm³/mol. The van der Waals surface area contributed by atoms with Crippen LogP contribution in [0.3, 0.4) is 0 Å². The van der Waals surface area contributed by atoms with Crippen molar-refractivity contribution >= 4 is 5.91 Å². The SMILES string of the molecule is O=C(NC1(CO)CCCC1)c1ccccc1O. The number of hydrogen-bond donors (Lipinski definition) is 3. The first-order valence-corrected chi connectivity index (χ1v) is 5.88. The molecule has 1 fully saturated rings. The molecule has 4 heteroatoms. The molecule has 1 aliphatic carbocycles. The summed E-state index contributed by atoms with van der Waals surface area (Å²) in [6, 6.07) is 6.43. The molecular weight excluding hydrogens is 218 g/mol. The molecule has 0 spiro atoms. The zero-order chi connectivity index (χ0) is 12.3. The van der Waals surface area contributed by atoms with Crippen LogP contribution in [0.4, 0.5) is 0 Å². The Morgan fingerprint density at radius 1 is 1.29 bits per heavy atom. The Kier molecular flexibility index (Phi) is 3.33. The number of carbonyl (C=O) groups excluding carboxylic acids is 1. The largest absolute Gasteiger partial charge is 0.507 e. The lowest BCUT2D eigenvalue weighted by molar-refractivity contribution is 0.0836. The number of aliphatic hydroxyl groups excluding tert-OH is 1. The third-order valence-corrected chi connectivity index (χ3v) is 3.39. The van der Waals surface area contributed by atoms with Gasteiger partial charge < -0.3 is 15.5 Å². The van der Waals surface area contributed by atoms with Crippen molar-refractivity contribution in [1.82, 2.24) is 5.32 Å². The van der Waals surface area contributed by atoms with E-state index in [1.807, 2.05) is 0 Å². The summed E-state index contributed by atoms with van der Waals surface area (Å²) in [7, 11) is 0. The van der Waals surface area contributed by atoms with E-state index in [0.717, 1.165) is 25.7 Å². The summed E-state index contributed by atoms with van der Waals surface area (Å²) >= 11 is 0. The fourth-order valence-electron chi connectivity index (χ4n) is 2.35. The molecule has 0 aromatic heterocycles. The maximum Gasteiger partial charge on any atom is 0.255 e. The molecule has 4 nitrogen and oxygen atoms in total. The minimum Gasteiger partial charge on any atom is -0.507 e. The van der Waals surface area contributed by atoms with Gasteiger partial charge in [-0.25, -0.2) is 0 Å². The second-order valence-electron chi connectivity index (χ2n) is 4.62. The zero-order valence-electron chi connectivity index (χ0n) is 9.65. The van der Waals surface area contributed by atoms with Gasteiger partial charge in [-0.15, -0.1) is 0 Å². The van der Waals surface area contributed by atoms with Crippen LogP contribution < -0.4 is 5.32 Å². The van der Waals surface area contributed by atoms with Crippen LogP contribution in [0.5, 0.6) is 5.75 Å². The second-order valence-corrected chi connectivity index (χ2v) is 4.62. The molecular formula is C13H17NO3. The molecule has 17 heavy (non-hydrogen) atoms. The topological polar surface area (TPSA) is 69.6 Å². The Morgan fingerprint density at radius 3 is 2.53 bits per heavy atom. The highest BCUT2D eigenvalue weighted by Gasteiger charge is 2.35. The van der Waals surface area contributed by atoms with Gasteiger partial charge in [0.15, 0.2) is 0 Å². The van der Waals surface area contributed by atoms with E-state index in [2.05, 4.69) is 5.32 Å². The Labute approximate surface area is 100 Å². The smallest absolute Gasteiger partial charge is 0.255 e. The summed E-state index contributed by atoms with van der Waals surface area (Å²) in [6.45, 7) is -0.0493. The molecule has 0 aliphatic heterocycles. The minimum absolute atomic E-state index is 0.0314. The summed E-state index contributed by atoms with van der Waals surface area (Å²) in [6.07, 6.45) is 3.62. The van der Waals surface area contributed by atoms with Crippen LogP contribution in [0.2, 0.25) is 0 Å². The van der Waals surface area contributed by atoms with Gasteiger partial charge in [0, 0.05) is 0 Å². The van der Waals surface area contributed by atoms with E-state index < -0.39 is 5.54 Å². The molecule has 1 aliphatic rings. The van der Waals surface area contributed by atoms with Crippen molar-refractivity contribution in [1.29, 1.82) is 0 Å². The maximum absolute atomic E-state index is 12.0. The number of para-hydroxylation sites is 1. The normalized spacial score (nSPS) is 17.9. The van der Waals surface area contributed by atoms with Crippen molar-refractivity contribution in [3.8, 4) is 5.75 Å². The molecule has 92 valence electrons. The number of amides is 1. The Bertz CT molecular complexity index is 411. The van der Waals surface area contributed by atoms with Crippen LogP contribution in [0.15, 0.2) is 24.3 Å². The fraction of sp³-hybridized carbons (Fsp3) is 0.462. The first-order chi connectivity index (χ1) is 8.17. The number of aliphatic hydroxyl groups is 1. The third-order valence-electron chi connectivity index (χ3n) is 3.39.